The fourth-order valence-corrected chi connectivity index (χ4v) is 3.14. The second-order valence-corrected chi connectivity index (χ2v) is 6.69. The van der Waals surface area contributed by atoms with E-state index in [0.717, 1.165) is 6.61 Å². The molecule has 0 saturated carbocycles. The van der Waals surface area contributed by atoms with Crippen LogP contribution in [0.15, 0.2) is 24.3 Å². The molecule has 6 heteroatoms. The summed E-state index contributed by atoms with van der Waals surface area (Å²) in [5.41, 5.74) is 1.02. The molecule has 130 valence electrons. The van der Waals surface area contributed by atoms with Crippen molar-refractivity contribution < 1.29 is 24.2 Å². The van der Waals surface area contributed by atoms with Gasteiger partial charge in [0.15, 0.2) is 0 Å². The van der Waals surface area contributed by atoms with Crippen LogP contribution in [0.25, 0.3) is 0 Å². The van der Waals surface area contributed by atoms with Crippen molar-refractivity contribution in [3.05, 3.63) is 35.4 Å². The zero-order valence-corrected chi connectivity index (χ0v) is 14.0. The second kappa shape index (κ2) is 7.01. The third-order valence-electron chi connectivity index (χ3n) is 4.81. The maximum Gasteiger partial charge on any atom is 0.261 e. The van der Waals surface area contributed by atoms with Crippen molar-refractivity contribution in [2.24, 2.45) is 11.8 Å². The number of hydrogen-bond acceptors (Lipinski definition) is 5. The molecule has 0 spiro atoms. The molecule has 2 amide bonds. The first-order valence-electron chi connectivity index (χ1n) is 8.31. The predicted molar refractivity (Wildman–Crippen MR) is 86.7 cm³/mol. The van der Waals surface area contributed by atoms with Gasteiger partial charge in [0.1, 0.15) is 0 Å². The van der Waals surface area contributed by atoms with Crippen molar-refractivity contribution in [1.82, 2.24) is 4.90 Å². The molecule has 1 aromatic rings. The molecular weight excluding hydrogens is 310 g/mol. The average molecular weight is 333 g/mol. The van der Waals surface area contributed by atoms with Gasteiger partial charge in [-0.25, -0.2) is 0 Å². The van der Waals surface area contributed by atoms with Gasteiger partial charge >= 0.3 is 0 Å². The summed E-state index contributed by atoms with van der Waals surface area (Å²) in [5, 5.41) is 8.87. The van der Waals surface area contributed by atoms with Gasteiger partial charge in [-0.3, -0.25) is 14.5 Å². The van der Waals surface area contributed by atoms with Gasteiger partial charge in [0.05, 0.1) is 49.7 Å². The molecule has 0 aliphatic carbocycles. The number of aliphatic hydroxyl groups is 1. The van der Waals surface area contributed by atoms with Crippen LogP contribution < -0.4 is 0 Å². The molecule has 0 aromatic heterocycles. The SMILES string of the molecule is C[C@H]1COCC1N1C(=O)c2ccccc2C1=O.C[C@H]1COC[C@@H]1O. The van der Waals surface area contributed by atoms with E-state index >= 15 is 0 Å². The molecular formula is C18H23NO5. The minimum absolute atomic E-state index is 0.123. The van der Waals surface area contributed by atoms with Gasteiger partial charge in [0, 0.05) is 11.8 Å². The van der Waals surface area contributed by atoms with Gasteiger partial charge in [0.25, 0.3) is 11.8 Å². The van der Waals surface area contributed by atoms with Gasteiger partial charge in [-0.1, -0.05) is 26.0 Å². The van der Waals surface area contributed by atoms with Crippen LogP contribution in [-0.2, 0) is 9.47 Å². The van der Waals surface area contributed by atoms with E-state index in [1.807, 2.05) is 13.8 Å². The fourth-order valence-electron chi connectivity index (χ4n) is 3.14. The molecule has 6 nitrogen and oxygen atoms in total. The van der Waals surface area contributed by atoms with Crippen molar-refractivity contribution in [2.75, 3.05) is 26.4 Å². The quantitative estimate of drug-likeness (QED) is 0.785. The zero-order valence-electron chi connectivity index (χ0n) is 14.0. The normalized spacial score (nSPS) is 31.9. The number of ether oxygens (including phenoxy) is 2. The van der Waals surface area contributed by atoms with Crippen LogP contribution in [0.4, 0.5) is 0 Å². The van der Waals surface area contributed by atoms with Crippen LogP contribution in [0.5, 0.6) is 0 Å². The summed E-state index contributed by atoms with van der Waals surface area (Å²) in [6, 6.07) is 6.85. The summed E-state index contributed by atoms with van der Waals surface area (Å²) in [5.74, 6) is 0.179. The largest absolute Gasteiger partial charge is 0.390 e. The lowest BCUT2D eigenvalue weighted by atomic mass is 10.1. The van der Waals surface area contributed by atoms with Crippen LogP contribution in [0.3, 0.4) is 0 Å². The molecule has 4 atom stereocenters. The Hall–Kier alpha value is -1.76. The Balaban J connectivity index is 0.000000203. The number of aliphatic hydroxyl groups excluding tert-OH is 1. The summed E-state index contributed by atoms with van der Waals surface area (Å²) < 4.78 is 10.3. The van der Waals surface area contributed by atoms with E-state index in [1.165, 1.54) is 4.90 Å². The Bertz CT molecular complexity index is 589. The van der Waals surface area contributed by atoms with E-state index in [9.17, 15) is 9.59 Å². The molecule has 3 heterocycles. The summed E-state index contributed by atoms with van der Waals surface area (Å²) in [7, 11) is 0. The summed E-state index contributed by atoms with van der Waals surface area (Å²) in [6.07, 6.45) is -0.208. The second-order valence-electron chi connectivity index (χ2n) is 6.69. The van der Waals surface area contributed by atoms with Crippen LogP contribution in [0.2, 0.25) is 0 Å². The average Bonchev–Trinajstić information content (AvgIpc) is 3.23. The molecule has 4 rings (SSSR count). The molecule has 0 bridgehead atoms. The van der Waals surface area contributed by atoms with Gasteiger partial charge in [-0.05, 0) is 12.1 Å². The number of fused-ring (bicyclic) bond motifs is 1. The van der Waals surface area contributed by atoms with Gasteiger partial charge < -0.3 is 14.6 Å². The van der Waals surface area contributed by atoms with Crippen molar-refractivity contribution in [3.63, 3.8) is 0 Å². The molecule has 0 radical (unpaired) electrons. The van der Waals surface area contributed by atoms with E-state index < -0.39 is 0 Å². The summed E-state index contributed by atoms with van der Waals surface area (Å²) in [4.78, 5) is 25.7. The Morgan fingerprint density at radius 3 is 1.83 bits per heavy atom. The van der Waals surface area contributed by atoms with E-state index in [1.54, 1.807) is 24.3 Å². The van der Waals surface area contributed by atoms with Crippen molar-refractivity contribution >= 4 is 11.8 Å². The maximum absolute atomic E-state index is 12.2. The lowest BCUT2D eigenvalue weighted by Gasteiger charge is -2.23. The minimum Gasteiger partial charge on any atom is -0.390 e. The Morgan fingerprint density at radius 1 is 0.917 bits per heavy atom. The number of hydrogen-bond donors (Lipinski definition) is 1. The highest BCUT2D eigenvalue weighted by atomic mass is 16.5. The number of benzene rings is 1. The van der Waals surface area contributed by atoms with Crippen molar-refractivity contribution in [2.45, 2.75) is 26.0 Å². The van der Waals surface area contributed by atoms with Gasteiger partial charge in [-0.15, -0.1) is 0 Å². The fraction of sp³-hybridized carbons (Fsp3) is 0.556. The minimum atomic E-state index is -0.208. The predicted octanol–water partition coefficient (Wildman–Crippen LogP) is 1.33. The summed E-state index contributed by atoms with van der Waals surface area (Å²) in [6.45, 7) is 6.30. The molecule has 3 aliphatic rings. The van der Waals surface area contributed by atoms with Crippen molar-refractivity contribution in [3.8, 4) is 0 Å². The van der Waals surface area contributed by atoms with Gasteiger partial charge in [-0.2, -0.15) is 0 Å². The third-order valence-corrected chi connectivity index (χ3v) is 4.81. The smallest absolute Gasteiger partial charge is 0.261 e. The Kier molecular flexibility index (Phi) is 4.99. The molecule has 2 fully saturated rings. The first-order chi connectivity index (χ1) is 11.5. The summed E-state index contributed by atoms with van der Waals surface area (Å²) >= 11 is 0. The van der Waals surface area contributed by atoms with Crippen LogP contribution in [0.1, 0.15) is 34.6 Å². The molecule has 3 aliphatic heterocycles. The number of amides is 2. The lowest BCUT2D eigenvalue weighted by molar-refractivity contribution is 0.0547. The van der Waals surface area contributed by atoms with E-state index in [4.69, 9.17) is 14.6 Å². The monoisotopic (exact) mass is 333 g/mol. The molecule has 1 aromatic carbocycles. The zero-order chi connectivity index (χ0) is 17.3. The van der Waals surface area contributed by atoms with Crippen LogP contribution >= 0.6 is 0 Å². The lowest BCUT2D eigenvalue weighted by Crippen LogP contribution is -2.43. The van der Waals surface area contributed by atoms with Crippen molar-refractivity contribution in [1.29, 1.82) is 0 Å². The Labute approximate surface area is 141 Å². The topological polar surface area (TPSA) is 76.1 Å². The maximum atomic E-state index is 12.2. The number of rotatable bonds is 1. The molecule has 2 saturated heterocycles. The Morgan fingerprint density at radius 2 is 1.46 bits per heavy atom. The molecule has 24 heavy (non-hydrogen) atoms. The molecule has 1 N–H and O–H groups in total. The highest BCUT2D eigenvalue weighted by Crippen LogP contribution is 2.29. The third kappa shape index (κ3) is 3.09. The first-order valence-corrected chi connectivity index (χ1v) is 8.31. The standard InChI is InChI=1S/C13H13NO3.C5H10O2/c1-8-6-17-7-11(8)14-12(15)9-4-2-3-5-10(9)13(14)16;1-4-2-7-3-5(4)6/h2-5,8,11H,6-7H2,1H3;4-6H,2-3H2,1H3/t8-,11?;4-,5-/m00/s1. The highest BCUT2D eigenvalue weighted by molar-refractivity contribution is 6.21. The number of carbonyl (C=O) groups excluding carboxylic acids is 2. The van der Waals surface area contributed by atoms with E-state index in [0.29, 0.717) is 36.9 Å². The highest BCUT2D eigenvalue weighted by Gasteiger charge is 2.43. The number of nitrogens with zero attached hydrogens (tertiary/aromatic N) is 1. The number of carbonyl (C=O) groups is 2. The van der Waals surface area contributed by atoms with Gasteiger partial charge in [0.2, 0.25) is 0 Å². The van der Waals surface area contributed by atoms with E-state index in [2.05, 4.69) is 0 Å². The molecule has 1 unspecified atom stereocenters. The van der Waals surface area contributed by atoms with Crippen LogP contribution in [-0.4, -0.2) is 60.4 Å². The van der Waals surface area contributed by atoms with Crippen LogP contribution in [0, 0.1) is 11.8 Å². The number of imide groups is 1. The first kappa shape index (κ1) is 17.1. The van der Waals surface area contributed by atoms with E-state index in [-0.39, 0.29) is 29.9 Å².